The summed E-state index contributed by atoms with van der Waals surface area (Å²) in [6, 6.07) is 14.3. The molecule has 1 aromatic heterocycles. The molecule has 2 heterocycles. The maximum atomic E-state index is 13.0. The lowest BCUT2D eigenvalue weighted by atomic mass is 10.2. The number of nitrogens with zero attached hydrogens (tertiary/aromatic N) is 3. The fourth-order valence-electron chi connectivity index (χ4n) is 2.76. The number of aromatic amines is 1. The third-order valence-electron chi connectivity index (χ3n) is 4.10. The third kappa shape index (κ3) is 3.61. The quantitative estimate of drug-likeness (QED) is 0.764. The van der Waals surface area contributed by atoms with Crippen LogP contribution in [0.15, 0.2) is 48.5 Å². The molecule has 128 valence electrons. The van der Waals surface area contributed by atoms with Crippen LogP contribution in [0.2, 0.25) is 0 Å². The van der Waals surface area contributed by atoms with Gasteiger partial charge in [-0.1, -0.05) is 0 Å². The number of anilines is 3. The Morgan fingerprint density at radius 1 is 1.00 bits per heavy atom. The van der Waals surface area contributed by atoms with Crippen LogP contribution in [0.5, 0.6) is 0 Å². The standard InChI is InChI=1S/C18H18FN5O/c19-14-3-1-13(2-4-14)17-21-18(23-22-17)20-15-5-7-16(8-6-15)24-9-11-25-12-10-24/h1-8H,9-12H2,(H2,20,21,22,23). The van der Waals surface area contributed by atoms with E-state index in [0.717, 1.165) is 37.6 Å². The topological polar surface area (TPSA) is 66.1 Å². The van der Waals surface area contributed by atoms with Crippen molar-refractivity contribution in [2.45, 2.75) is 0 Å². The molecule has 6 nitrogen and oxygen atoms in total. The summed E-state index contributed by atoms with van der Waals surface area (Å²) in [4.78, 5) is 6.69. The number of hydrogen-bond donors (Lipinski definition) is 2. The molecule has 3 aromatic rings. The SMILES string of the molecule is Fc1ccc(-c2nc(Nc3ccc(N4CCOCC4)cc3)n[nH]2)cc1. The van der Waals surface area contributed by atoms with Crippen LogP contribution < -0.4 is 10.2 Å². The van der Waals surface area contributed by atoms with Gasteiger partial charge in [0, 0.05) is 30.0 Å². The molecule has 25 heavy (non-hydrogen) atoms. The van der Waals surface area contributed by atoms with E-state index in [0.29, 0.717) is 11.8 Å². The van der Waals surface area contributed by atoms with Crippen LogP contribution in [0.1, 0.15) is 0 Å². The van der Waals surface area contributed by atoms with Gasteiger partial charge in [-0.25, -0.2) is 4.39 Å². The molecule has 0 radical (unpaired) electrons. The van der Waals surface area contributed by atoms with Gasteiger partial charge in [-0.05, 0) is 48.5 Å². The molecule has 0 amide bonds. The van der Waals surface area contributed by atoms with Gasteiger partial charge in [0.15, 0.2) is 5.82 Å². The number of hydrogen-bond acceptors (Lipinski definition) is 5. The highest BCUT2D eigenvalue weighted by Crippen LogP contribution is 2.22. The summed E-state index contributed by atoms with van der Waals surface area (Å²) in [7, 11) is 0. The highest BCUT2D eigenvalue weighted by Gasteiger charge is 2.11. The minimum atomic E-state index is -0.276. The Morgan fingerprint density at radius 3 is 2.44 bits per heavy atom. The Morgan fingerprint density at radius 2 is 1.72 bits per heavy atom. The number of halogens is 1. The molecule has 0 saturated carbocycles. The van der Waals surface area contributed by atoms with E-state index in [9.17, 15) is 4.39 Å². The molecule has 7 heteroatoms. The molecule has 1 fully saturated rings. The summed E-state index contributed by atoms with van der Waals surface area (Å²) in [5, 5.41) is 10.2. The van der Waals surface area contributed by atoms with Crippen LogP contribution in [0.25, 0.3) is 11.4 Å². The first-order chi connectivity index (χ1) is 12.3. The highest BCUT2D eigenvalue weighted by atomic mass is 19.1. The van der Waals surface area contributed by atoms with Crippen molar-refractivity contribution >= 4 is 17.3 Å². The first-order valence-electron chi connectivity index (χ1n) is 8.16. The molecule has 1 saturated heterocycles. The summed E-state index contributed by atoms with van der Waals surface area (Å²) < 4.78 is 18.4. The maximum Gasteiger partial charge on any atom is 0.246 e. The van der Waals surface area contributed by atoms with E-state index in [2.05, 4.69) is 37.5 Å². The Kier molecular flexibility index (Phi) is 4.30. The number of aromatic nitrogens is 3. The fourth-order valence-corrected chi connectivity index (χ4v) is 2.76. The van der Waals surface area contributed by atoms with Gasteiger partial charge in [-0.2, -0.15) is 4.98 Å². The molecule has 1 aliphatic heterocycles. The Labute approximate surface area is 144 Å². The summed E-state index contributed by atoms with van der Waals surface area (Å²) in [5.41, 5.74) is 2.86. The zero-order chi connectivity index (χ0) is 17.1. The number of H-pyrrole nitrogens is 1. The smallest absolute Gasteiger partial charge is 0.246 e. The van der Waals surface area contributed by atoms with Gasteiger partial charge < -0.3 is 15.0 Å². The van der Waals surface area contributed by atoms with Gasteiger partial charge in [0.25, 0.3) is 0 Å². The van der Waals surface area contributed by atoms with Crippen molar-refractivity contribution in [3.8, 4) is 11.4 Å². The predicted molar refractivity (Wildman–Crippen MR) is 94.5 cm³/mol. The van der Waals surface area contributed by atoms with Crippen LogP contribution in [-0.4, -0.2) is 41.5 Å². The van der Waals surface area contributed by atoms with Crippen molar-refractivity contribution in [3.05, 3.63) is 54.3 Å². The van der Waals surface area contributed by atoms with Crippen molar-refractivity contribution in [2.24, 2.45) is 0 Å². The molecule has 4 rings (SSSR count). The number of rotatable bonds is 4. The minimum absolute atomic E-state index is 0.276. The van der Waals surface area contributed by atoms with E-state index >= 15 is 0 Å². The molecular weight excluding hydrogens is 321 g/mol. The molecule has 1 aliphatic rings. The van der Waals surface area contributed by atoms with E-state index in [1.807, 2.05) is 12.1 Å². The van der Waals surface area contributed by atoms with Gasteiger partial charge in [0.05, 0.1) is 13.2 Å². The molecule has 0 spiro atoms. The molecule has 0 bridgehead atoms. The Balaban J connectivity index is 1.44. The lowest BCUT2D eigenvalue weighted by molar-refractivity contribution is 0.122. The molecule has 2 N–H and O–H groups in total. The van der Waals surface area contributed by atoms with Gasteiger partial charge in [0.2, 0.25) is 5.95 Å². The van der Waals surface area contributed by atoms with Gasteiger partial charge in [-0.15, -0.1) is 5.10 Å². The van der Waals surface area contributed by atoms with E-state index in [4.69, 9.17) is 4.74 Å². The molecule has 2 aromatic carbocycles. The van der Waals surface area contributed by atoms with Gasteiger partial charge >= 0.3 is 0 Å². The second-order valence-electron chi connectivity index (χ2n) is 5.79. The lowest BCUT2D eigenvalue weighted by Gasteiger charge is -2.28. The van der Waals surface area contributed by atoms with Crippen LogP contribution in [-0.2, 0) is 4.74 Å². The van der Waals surface area contributed by atoms with Crippen molar-refractivity contribution in [2.75, 3.05) is 36.5 Å². The zero-order valence-corrected chi connectivity index (χ0v) is 13.6. The predicted octanol–water partition coefficient (Wildman–Crippen LogP) is 3.19. The Hall–Kier alpha value is -2.93. The number of morpholine rings is 1. The largest absolute Gasteiger partial charge is 0.378 e. The highest BCUT2D eigenvalue weighted by molar-refractivity contribution is 5.61. The average molecular weight is 339 g/mol. The lowest BCUT2D eigenvalue weighted by Crippen LogP contribution is -2.36. The monoisotopic (exact) mass is 339 g/mol. The summed E-state index contributed by atoms with van der Waals surface area (Å²) in [5.74, 6) is 0.785. The van der Waals surface area contributed by atoms with Crippen molar-refractivity contribution in [1.29, 1.82) is 0 Å². The normalized spacial score (nSPS) is 14.5. The molecule has 0 aliphatic carbocycles. The van der Waals surface area contributed by atoms with Crippen LogP contribution in [0.4, 0.5) is 21.7 Å². The van der Waals surface area contributed by atoms with Crippen LogP contribution in [0.3, 0.4) is 0 Å². The minimum Gasteiger partial charge on any atom is -0.378 e. The maximum absolute atomic E-state index is 13.0. The van der Waals surface area contributed by atoms with Gasteiger partial charge in [-0.3, -0.25) is 5.10 Å². The number of benzene rings is 2. The number of nitrogens with one attached hydrogen (secondary N) is 2. The second kappa shape index (κ2) is 6.90. The second-order valence-corrected chi connectivity index (χ2v) is 5.79. The van der Waals surface area contributed by atoms with E-state index in [1.165, 1.54) is 17.8 Å². The molecule has 0 atom stereocenters. The van der Waals surface area contributed by atoms with E-state index < -0.39 is 0 Å². The number of ether oxygens (including phenoxy) is 1. The van der Waals surface area contributed by atoms with E-state index in [-0.39, 0.29) is 5.82 Å². The third-order valence-corrected chi connectivity index (χ3v) is 4.10. The van der Waals surface area contributed by atoms with Crippen molar-refractivity contribution < 1.29 is 9.13 Å². The summed E-state index contributed by atoms with van der Waals surface area (Å²) in [6.45, 7) is 3.36. The fraction of sp³-hybridized carbons (Fsp3) is 0.222. The summed E-state index contributed by atoms with van der Waals surface area (Å²) >= 11 is 0. The van der Waals surface area contributed by atoms with E-state index in [1.54, 1.807) is 12.1 Å². The Bertz CT molecular complexity index is 825. The molecule has 0 unspecified atom stereocenters. The van der Waals surface area contributed by atoms with Gasteiger partial charge in [0.1, 0.15) is 5.82 Å². The van der Waals surface area contributed by atoms with Crippen molar-refractivity contribution in [3.63, 3.8) is 0 Å². The van der Waals surface area contributed by atoms with Crippen LogP contribution in [0, 0.1) is 5.82 Å². The van der Waals surface area contributed by atoms with Crippen molar-refractivity contribution in [1.82, 2.24) is 15.2 Å². The average Bonchev–Trinajstić information content (AvgIpc) is 3.12. The first kappa shape index (κ1) is 15.6. The summed E-state index contributed by atoms with van der Waals surface area (Å²) in [6.07, 6.45) is 0. The zero-order valence-electron chi connectivity index (χ0n) is 13.6. The van der Waals surface area contributed by atoms with Crippen LogP contribution >= 0.6 is 0 Å². The first-order valence-corrected chi connectivity index (χ1v) is 8.16. The molecular formula is C18H18FN5O.